The number of hydrazone groups is 1. The number of hydrogen-bond donors (Lipinski definition) is 1. The summed E-state index contributed by atoms with van der Waals surface area (Å²) in [4.78, 5) is 0.769. The van der Waals surface area contributed by atoms with Gasteiger partial charge < -0.3 is 0 Å². The van der Waals surface area contributed by atoms with E-state index in [-0.39, 0.29) is 0 Å². The maximum atomic E-state index is 4.62. The van der Waals surface area contributed by atoms with Gasteiger partial charge in [0.25, 0.3) is 0 Å². The van der Waals surface area contributed by atoms with Gasteiger partial charge in [-0.2, -0.15) is 5.10 Å². The minimum absolute atomic E-state index is 0.528. The van der Waals surface area contributed by atoms with E-state index in [1.54, 1.807) is 6.21 Å². The van der Waals surface area contributed by atoms with Gasteiger partial charge in [-0.05, 0) is 16.3 Å². The predicted molar refractivity (Wildman–Crippen MR) is 137 cm³/mol. The fourth-order valence-corrected chi connectivity index (χ4v) is 4.85. The molecule has 0 saturated heterocycles. The van der Waals surface area contributed by atoms with Crippen molar-refractivity contribution in [2.45, 2.75) is 0 Å². The van der Waals surface area contributed by atoms with E-state index < -0.39 is 0 Å². The quantitative estimate of drug-likeness (QED) is 0.259. The van der Waals surface area contributed by atoms with Crippen LogP contribution < -0.4 is 5.43 Å². The molecule has 0 spiro atoms. The zero-order chi connectivity index (χ0) is 22.7. The van der Waals surface area contributed by atoms with Crippen LogP contribution in [-0.2, 0) is 0 Å². The van der Waals surface area contributed by atoms with Crippen molar-refractivity contribution in [3.05, 3.63) is 96.6 Å². The lowest BCUT2D eigenvalue weighted by Crippen LogP contribution is -1.98. The fraction of sp³-hybridized carbons (Fsp3) is 0. The van der Waals surface area contributed by atoms with E-state index in [1.165, 1.54) is 11.3 Å². The SMILES string of the molecule is C(=N\Nc1nnnc2c1sc1nnc(-c3ccccc3)c(-c3ccccc3)c12)/c1ccccc1. The molecule has 0 radical (unpaired) electrons. The van der Waals surface area contributed by atoms with Gasteiger partial charge in [-0.3, -0.25) is 5.43 Å². The van der Waals surface area contributed by atoms with Gasteiger partial charge in [-0.1, -0.05) is 91.0 Å². The zero-order valence-electron chi connectivity index (χ0n) is 17.8. The first kappa shape index (κ1) is 20.1. The van der Waals surface area contributed by atoms with Crippen molar-refractivity contribution in [3.8, 4) is 22.4 Å². The highest BCUT2D eigenvalue weighted by atomic mass is 32.1. The summed E-state index contributed by atoms with van der Waals surface area (Å²) in [5, 5.41) is 27.0. The average molecular weight is 460 g/mol. The molecule has 0 aliphatic heterocycles. The van der Waals surface area contributed by atoms with Crippen molar-refractivity contribution in [2.24, 2.45) is 5.10 Å². The molecule has 0 unspecified atom stereocenters. The van der Waals surface area contributed by atoms with Crippen molar-refractivity contribution in [1.29, 1.82) is 0 Å². The molecule has 0 aliphatic carbocycles. The van der Waals surface area contributed by atoms with Gasteiger partial charge in [0, 0.05) is 11.1 Å². The number of nitrogens with one attached hydrogen (secondary N) is 1. The van der Waals surface area contributed by atoms with Gasteiger partial charge in [0.1, 0.15) is 20.7 Å². The van der Waals surface area contributed by atoms with Crippen LogP contribution in [0.25, 0.3) is 42.8 Å². The van der Waals surface area contributed by atoms with Crippen molar-refractivity contribution in [2.75, 3.05) is 5.43 Å². The Kier molecular flexibility index (Phi) is 5.17. The lowest BCUT2D eigenvalue weighted by atomic mass is 9.97. The van der Waals surface area contributed by atoms with E-state index in [0.29, 0.717) is 5.82 Å². The molecule has 34 heavy (non-hydrogen) atoms. The third-order valence-corrected chi connectivity index (χ3v) is 6.46. The second-order valence-corrected chi connectivity index (χ2v) is 8.53. The van der Waals surface area contributed by atoms with Crippen LogP contribution in [0, 0.1) is 0 Å². The Balaban J connectivity index is 1.55. The molecule has 0 bridgehead atoms. The van der Waals surface area contributed by atoms with Crippen LogP contribution in [0.3, 0.4) is 0 Å². The van der Waals surface area contributed by atoms with Gasteiger partial charge in [0.05, 0.1) is 11.6 Å². The number of thiophene rings is 1. The van der Waals surface area contributed by atoms with E-state index >= 15 is 0 Å². The second-order valence-electron chi connectivity index (χ2n) is 7.53. The first-order valence-electron chi connectivity index (χ1n) is 10.7. The van der Waals surface area contributed by atoms with Crippen LogP contribution in [0.1, 0.15) is 5.56 Å². The van der Waals surface area contributed by atoms with Crippen molar-refractivity contribution in [3.63, 3.8) is 0 Å². The summed E-state index contributed by atoms with van der Waals surface area (Å²) >= 11 is 1.47. The standard InChI is InChI=1S/C26H17N7S/c1-4-10-17(11-5-1)16-27-30-25-24-23(29-33-31-25)21-20(18-12-6-2-7-13-18)22(28-32-26(21)34-24)19-14-8-3-9-15-19/h1-16H,(H,29,30,31)/b27-16+. The summed E-state index contributed by atoms with van der Waals surface area (Å²) in [5.41, 5.74) is 8.52. The molecule has 0 atom stereocenters. The lowest BCUT2D eigenvalue weighted by Gasteiger charge is -2.10. The summed E-state index contributed by atoms with van der Waals surface area (Å²) in [6, 6.07) is 30.1. The Morgan fingerprint density at radius 3 is 2.12 bits per heavy atom. The molecule has 7 nitrogen and oxygen atoms in total. The van der Waals surface area contributed by atoms with E-state index in [4.69, 9.17) is 0 Å². The maximum Gasteiger partial charge on any atom is 0.190 e. The Morgan fingerprint density at radius 1 is 0.706 bits per heavy atom. The first-order chi connectivity index (χ1) is 16.9. The fourth-order valence-electron chi connectivity index (χ4n) is 3.85. The average Bonchev–Trinajstić information content (AvgIpc) is 3.29. The highest BCUT2D eigenvalue weighted by molar-refractivity contribution is 7.26. The summed E-state index contributed by atoms with van der Waals surface area (Å²) in [5.74, 6) is 0.528. The van der Waals surface area contributed by atoms with E-state index in [2.05, 4.69) is 48.3 Å². The molecule has 8 heteroatoms. The molecule has 0 fully saturated rings. The third-order valence-electron chi connectivity index (χ3n) is 5.39. The monoisotopic (exact) mass is 459 g/mol. The number of aromatic nitrogens is 5. The van der Waals surface area contributed by atoms with Crippen LogP contribution >= 0.6 is 11.3 Å². The predicted octanol–water partition coefficient (Wildman–Crippen LogP) is 5.81. The maximum absolute atomic E-state index is 4.62. The molecule has 6 rings (SSSR count). The second kappa shape index (κ2) is 8.76. The number of hydrogen-bond acceptors (Lipinski definition) is 8. The molecule has 3 aromatic heterocycles. The Bertz CT molecular complexity index is 1620. The van der Waals surface area contributed by atoms with Crippen molar-refractivity contribution in [1.82, 2.24) is 25.6 Å². The van der Waals surface area contributed by atoms with Crippen LogP contribution in [0.2, 0.25) is 0 Å². The van der Waals surface area contributed by atoms with Gasteiger partial charge in [-0.25, -0.2) is 0 Å². The van der Waals surface area contributed by atoms with Crippen LogP contribution in [0.4, 0.5) is 5.82 Å². The zero-order valence-corrected chi connectivity index (χ0v) is 18.6. The Labute approximate surface area is 198 Å². The van der Waals surface area contributed by atoms with Gasteiger partial charge in [0.2, 0.25) is 0 Å². The minimum atomic E-state index is 0.528. The number of benzene rings is 3. The lowest BCUT2D eigenvalue weighted by molar-refractivity contribution is 0.899. The normalized spacial score (nSPS) is 11.4. The Morgan fingerprint density at radius 2 is 1.38 bits per heavy atom. The van der Waals surface area contributed by atoms with Crippen LogP contribution in [0.5, 0.6) is 0 Å². The summed E-state index contributed by atoms with van der Waals surface area (Å²) in [6.07, 6.45) is 1.74. The van der Waals surface area contributed by atoms with Gasteiger partial charge >= 0.3 is 0 Å². The number of anilines is 1. The molecule has 0 aliphatic rings. The molecule has 0 amide bonds. The number of nitrogens with zero attached hydrogens (tertiary/aromatic N) is 6. The molecular weight excluding hydrogens is 442 g/mol. The topological polar surface area (TPSA) is 88.8 Å². The molecule has 3 aromatic carbocycles. The van der Waals surface area contributed by atoms with E-state index in [9.17, 15) is 0 Å². The van der Waals surface area contributed by atoms with Gasteiger partial charge in [0.15, 0.2) is 5.82 Å². The minimum Gasteiger partial charge on any atom is -0.259 e. The largest absolute Gasteiger partial charge is 0.259 e. The van der Waals surface area contributed by atoms with Crippen molar-refractivity contribution < 1.29 is 0 Å². The summed E-state index contributed by atoms with van der Waals surface area (Å²) < 4.78 is 0.826. The number of rotatable bonds is 5. The van der Waals surface area contributed by atoms with Crippen LogP contribution in [-0.4, -0.2) is 31.8 Å². The molecule has 0 saturated carbocycles. The Hall–Kier alpha value is -4.56. The van der Waals surface area contributed by atoms with Crippen molar-refractivity contribution >= 4 is 43.8 Å². The molecule has 3 heterocycles. The smallest absolute Gasteiger partial charge is 0.190 e. The summed E-state index contributed by atoms with van der Waals surface area (Å²) in [7, 11) is 0. The van der Waals surface area contributed by atoms with Crippen LogP contribution in [0.15, 0.2) is 96.1 Å². The van der Waals surface area contributed by atoms with Gasteiger partial charge in [-0.15, -0.1) is 31.7 Å². The van der Waals surface area contributed by atoms with E-state index in [1.807, 2.05) is 78.9 Å². The molecule has 162 valence electrons. The molecular formula is C26H17N7S. The third kappa shape index (κ3) is 3.66. The molecule has 1 N–H and O–H groups in total. The first-order valence-corrected chi connectivity index (χ1v) is 11.5. The summed E-state index contributed by atoms with van der Waals surface area (Å²) in [6.45, 7) is 0. The highest BCUT2D eigenvalue weighted by Crippen LogP contribution is 2.43. The highest BCUT2D eigenvalue weighted by Gasteiger charge is 2.21. The molecule has 6 aromatic rings. The van der Waals surface area contributed by atoms with E-state index in [0.717, 1.165) is 48.4 Å². The number of fused-ring (bicyclic) bond motifs is 3.